The van der Waals surface area contributed by atoms with Crippen LogP contribution in [0.3, 0.4) is 0 Å². The molecule has 0 saturated carbocycles. The molecule has 0 radical (unpaired) electrons. The number of aromatic nitrogens is 2. The number of nitrogens with one attached hydrogen (secondary N) is 2. The molecule has 0 amide bonds. The summed E-state index contributed by atoms with van der Waals surface area (Å²) in [7, 11) is -4.06. The van der Waals surface area contributed by atoms with E-state index in [1.807, 2.05) is 0 Å². The summed E-state index contributed by atoms with van der Waals surface area (Å²) < 4.78 is 64.4. The lowest BCUT2D eigenvalue weighted by atomic mass is 10.2. The van der Waals surface area contributed by atoms with Crippen LogP contribution < -0.4 is 4.72 Å². The van der Waals surface area contributed by atoms with Crippen molar-refractivity contribution in [2.24, 2.45) is 0 Å². The summed E-state index contributed by atoms with van der Waals surface area (Å²) in [4.78, 5) is -0.437. The maximum absolute atomic E-state index is 12.6. The Morgan fingerprint density at radius 1 is 1.33 bits per heavy atom. The third-order valence-corrected chi connectivity index (χ3v) is 4.36. The van der Waals surface area contributed by atoms with E-state index < -0.39 is 32.7 Å². The molecule has 2 N–H and O–H groups in total. The minimum atomic E-state index is -4.60. The normalized spacial score (nSPS) is 14.1. The van der Waals surface area contributed by atoms with Gasteiger partial charge >= 0.3 is 6.18 Å². The Kier molecular flexibility index (Phi) is 4.06. The maximum Gasteiger partial charge on any atom is 0.416 e. The molecule has 0 spiro atoms. The summed E-state index contributed by atoms with van der Waals surface area (Å²) in [6.07, 6.45) is -1.67. The quantitative estimate of drug-likeness (QED) is 0.909. The number of sulfonamides is 1. The minimum absolute atomic E-state index is 0.437. The first kappa shape index (κ1) is 15.5. The topological polar surface area (TPSA) is 74.8 Å². The van der Waals surface area contributed by atoms with Gasteiger partial charge in [-0.1, -0.05) is 6.07 Å². The van der Waals surface area contributed by atoms with E-state index in [2.05, 4.69) is 14.9 Å². The highest BCUT2D eigenvalue weighted by molar-refractivity contribution is 7.89. The van der Waals surface area contributed by atoms with Crippen molar-refractivity contribution in [1.82, 2.24) is 14.9 Å². The van der Waals surface area contributed by atoms with E-state index in [1.165, 1.54) is 12.4 Å². The number of hydrogen-bond acceptors (Lipinski definition) is 3. The molecule has 0 bridgehead atoms. The van der Waals surface area contributed by atoms with Crippen LogP contribution in [0.1, 0.15) is 24.1 Å². The molecular weight excluding hydrogens is 307 g/mol. The molecule has 21 heavy (non-hydrogen) atoms. The van der Waals surface area contributed by atoms with Crippen molar-refractivity contribution in [3.05, 3.63) is 47.8 Å². The van der Waals surface area contributed by atoms with Gasteiger partial charge in [0.05, 0.1) is 16.7 Å². The molecule has 2 rings (SSSR count). The largest absolute Gasteiger partial charge is 0.416 e. The molecule has 1 heterocycles. The highest BCUT2D eigenvalue weighted by Crippen LogP contribution is 2.30. The molecule has 1 aromatic carbocycles. The summed E-state index contributed by atoms with van der Waals surface area (Å²) in [6, 6.07) is 2.96. The van der Waals surface area contributed by atoms with Crippen LogP contribution in [0.25, 0.3) is 0 Å². The Balaban J connectivity index is 2.28. The van der Waals surface area contributed by atoms with Gasteiger partial charge in [-0.2, -0.15) is 18.3 Å². The van der Waals surface area contributed by atoms with E-state index in [-0.39, 0.29) is 0 Å². The fraction of sp³-hybridized carbons (Fsp3) is 0.250. The minimum Gasteiger partial charge on any atom is -0.285 e. The second-order valence-corrected chi connectivity index (χ2v) is 6.11. The molecule has 1 unspecified atom stereocenters. The van der Waals surface area contributed by atoms with Crippen LogP contribution in [0.4, 0.5) is 13.2 Å². The zero-order valence-electron chi connectivity index (χ0n) is 10.8. The van der Waals surface area contributed by atoms with Crippen LogP contribution in [0.2, 0.25) is 0 Å². The van der Waals surface area contributed by atoms with Gasteiger partial charge < -0.3 is 0 Å². The van der Waals surface area contributed by atoms with Crippen molar-refractivity contribution in [3.63, 3.8) is 0 Å². The molecule has 1 atom stereocenters. The predicted octanol–water partition coefficient (Wildman–Crippen LogP) is 2.47. The Morgan fingerprint density at radius 2 is 2.05 bits per heavy atom. The highest BCUT2D eigenvalue weighted by Gasteiger charge is 2.31. The van der Waals surface area contributed by atoms with Crippen LogP contribution in [0.5, 0.6) is 0 Å². The Bertz CT molecular complexity index is 712. The summed E-state index contributed by atoms with van der Waals surface area (Å²) in [5.74, 6) is 0. The third kappa shape index (κ3) is 3.61. The maximum atomic E-state index is 12.6. The number of hydrogen-bond donors (Lipinski definition) is 2. The van der Waals surface area contributed by atoms with Gasteiger partial charge in [-0.05, 0) is 25.1 Å². The average molecular weight is 319 g/mol. The second-order valence-electron chi connectivity index (χ2n) is 4.40. The molecule has 114 valence electrons. The van der Waals surface area contributed by atoms with Crippen LogP contribution >= 0.6 is 0 Å². The number of alkyl halides is 3. The Hall–Kier alpha value is -1.87. The van der Waals surface area contributed by atoms with Crippen molar-refractivity contribution < 1.29 is 21.6 Å². The van der Waals surface area contributed by atoms with E-state index in [0.717, 1.165) is 18.2 Å². The number of aromatic amines is 1. The number of benzene rings is 1. The molecule has 1 aromatic heterocycles. The van der Waals surface area contributed by atoms with Crippen LogP contribution in [0.15, 0.2) is 41.6 Å². The van der Waals surface area contributed by atoms with Gasteiger partial charge in [0.15, 0.2) is 0 Å². The van der Waals surface area contributed by atoms with Gasteiger partial charge in [0.1, 0.15) is 0 Å². The zero-order valence-corrected chi connectivity index (χ0v) is 11.7. The number of H-pyrrole nitrogens is 1. The van der Waals surface area contributed by atoms with Crippen molar-refractivity contribution >= 4 is 10.0 Å². The molecule has 0 aliphatic rings. The fourth-order valence-corrected chi connectivity index (χ4v) is 2.98. The van der Waals surface area contributed by atoms with Gasteiger partial charge in [0.2, 0.25) is 10.0 Å². The lowest BCUT2D eigenvalue weighted by molar-refractivity contribution is -0.137. The van der Waals surface area contributed by atoms with E-state index in [4.69, 9.17) is 0 Å². The highest BCUT2D eigenvalue weighted by atomic mass is 32.2. The van der Waals surface area contributed by atoms with Gasteiger partial charge in [0.25, 0.3) is 0 Å². The third-order valence-electron chi connectivity index (χ3n) is 2.82. The summed E-state index contributed by atoms with van der Waals surface area (Å²) >= 11 is 0. The average Bonchev–Trinajstić information content (AvgIpc) is 2.91. The first-order valence-electron chi connectivity index (χ1n) is 5.88. The number of halogens is 3. The predicted molar refractivity (Wildman–Crippen MR) is 68.8 cm³/mol. The second kappa shape index (κ2) is 5.49. The van der Waals surface area contributed by atoms with Crippen molar-refractivity contribution in [3.8, 4) is 0 Å². The van der Waals surface area contributed by atoms with Crippen molar-refractivity contribution in [2.45, 2.75) is 24.0 Å². The summed E-state index contributed by atoms with van der Waals surface area (Å²) in [5.41, 5.74) is -0.438. The van der Waals surface area contributed by atoms with Gasteiger partial charge in [-0.25, -0.2) is 13.1 Å². The molecule has 5 nitrogen and oxygen atoms in total. The summed E-state index contributed by atoms with van der Waals surface area (Å²) in [5, 5.41) is 6.22. The number of rotatable bonds is 4. The van der Waals surface area contributed by atoms with Crippen LogP contribution in [0, 0.1) is 0 Å². The molecule has 9 heteroatoms. The molecule has 2 aromatic rings. The number of nitrogens with zero attached hydrogens (tertiary/aromatic N) is 1. The molecular formula is C12H12F3N3O2S. The summed E-state index contributed by atoms with van der Waals surface area (Å²) in [6.45, 7) is 1.57. The zero-order chi connectivity index (χ0) is 15.7. The Morgan fingerprint density at radius 3 is 2.62 bits per heavy atom. The SMILES string of the molecule is CC(NS(=O)(=O)c1cccc(C(F)(F)F)c1)c1cn[nH]c1. The first-order chi connectivity index (χ1) is 9.70. The Labute approximate surface area is 119 Å². The standard InChI is InChI=1S/C12H12F3N3O2S/c1-8(9-6-16-17-7-9)18-21(19,20)11-4-2-3-10(5-11)12(13,14)15/h2-8,18H,1H3,(H,16,17). The van der Waals surface area contributed by atoms with Crippen molar-refractivity contribution in [2.75, 3.05) is 0 Å². The van der Waals surface area contributed by atoms with E-state index in [0.29, 0.717) is 11.6 Å². The fourth-order valence-electron chi connectivity index (χ4n) is 1.71. The van der Waals surface area contributed by atoms with E-state index in [1.54, 1.807) is 6.92 Å². The van der Waals surface area contributed by atoms with Gasteiger partial charge in [0, 0.05) is 17.8 Å². The molecule has 0 saturated heterocycles. The molecule has 0 fully saturated rings. The van der Waals surface area contributed by atoms with Gasteiger partial charge in [-0.3, -0.25) is 5.10 Å². The molecule has 0 aliphatic heterocycles. The van der Waals surface area contributed by atoms with Crippen LogP contribution in [-0.2, 0) is 16.2 Å². The lowest BCUT2D eigenvalue weighted by Gasteiger charge is -2.14. The van der Waals surface area contributed by atoms with E-state index in [9.17, 15) is 21.6 Å². The lowest BCUT2D eigenvalue weighted by Crippen LogP contribution is -2.27. The van der Waals surface area contributed by atoms with Crippen molar-refractivity contribution in [1.29, 1.82) is 0 Å². The molecule has 0 aliphatic carbocycles. The van der Waals surface area contributed by atoms with Crippen LogP contribution in [-0.4, -0.2) is 18.6 Å². The van der Waals surface area contributed by atoms with Gasteiger partial charge in [-0.15, -0.1) is 0 Å². The monoisotopic (exact) mass is 319 g/mol. The first-order valence-corrected chi connectivity index (χ1v) is 7.37. The smallest absolute Gasteiger partial charge is 0.285 e. The van der Waals surface area contributed by atoms with E-state index >= 15 is 0 Å².